The largest absolute Gasteiger partial charge is 0.341 e. The summed E-state index contributed by atoms with van der Waals surface area (Å²) >= 11 is 0. The highest BCUT2D eigenvalue weighted by atomic mass is 16.2. The molecule has 3 fully saturated rings. The molecule has 3 saturated heterocycles. The maximum Gasteiger partial charge on any atom is 0.317 e. The molecule has 0 unspecified atom stereocenters. The van der Waals surface area contributed by atoms with Crippen LogP contribution in [-0.2, 0) is 4.79 Å². The van der Waals surface area contributed by atoms with E-state index in [1.54, 1.807) is 0 Å². The Labute approximate surface area is 132 Å². The lowest BCUT2D eigenvalue weighted by atomic mass is 9.87. The number of piperidine rings is 1. The van der Waals surface area contributed by atoms with Crippen LogP contribution in [0.1, 0.15) is 33.1 Å². The molecule has 22 heavy (non-hydrogen) atoms. The quantitative estimate of drug-likeness (QED) is 0.818. The van der Waals surface area contributed by atoms with Crippen molar-refractivity contribution in [1.29, 1.82) is 0 Å². The number of nitrogens with one attached hydrogen (secondary N) is 1. The monoisotopic (exact) mass is 308 g/mol. The molecular weight excluding hydrogens is 280 g/mol. The van der Waals surface area contributed by atoms with Gasteiger partial charge in [0.25, 0.3) is 0 Å². The Balaban J connectivity index is 1.51. The van der Waals surface area contributed by atoms with E-state index in [1.807, 2.05) is 16.8 Å². The lowest BCUT2D eigenvalue weighted by molar-refractivity contribution is -0.134. The molecule has 1 spiro atoms. The molecule has 3 aliphatic rings. The molecule has 0 aromatic carbocycles. The molecule has 0 atom stereocenters. The number of carbonyl (C=O) groups is 2. The Bertz CT molecular complexity index is 469. The van der Waals surface area contributed by atoms with Crippen LogP contribution in [-0.4, -0.2) is 78.5 Å². The summed E-state index contributed by atoms with van der Waals surface area (Å²) in [6.07, 6.45) is 2.92. The van der Waals surface area contributed by atoms with Gasteiger partial charge < -0.3 is 15.1 Å². The second-order valence-corrected chi connectivity index (χ2v) is 7.95. The minimum Gasteiger partial charge on any atom is -0.341 e. The van der Waals surface area contributed by atoms with Crippen molar-refractivity contribution in [3.05, 3.63) is 0 Å². The van der Waals surface area contributed by atoms with E-state index in [4.69, 9.17) is 0 Å². The van der Waals surface area contributed by atoms with Crippen molar-refractivity contribution in [2.75, 3.05) is 46.3 Å². The second kappa shape index (κ2) is 5.41. The summed E-state index contributed by atoms with van der Waals surface area (Å²) in [5.74, 6) is 0.243. The predicted molar refractivity (Wildman–Crippen MR) is 84.5 cm³/mol. The molecule has 6 nitrogen and oxygen atoms in total. The Hall–Kier alpha value is -1.30. The molecule has 124 valence electrons. The van der Waals surface area contributed by atoms with Crippen LogP contribution in [0.5, 0.6) is 0 Å². The fourth-order valence-electron chi connectivity index (χ4n) is 4.03. The summed E-state index contributed by atoms with van der Waals surface area (Å²) in [5.41, 5.74) is 0.258. The maximum atomic E-state index is 12.5. The lowest BCUT2D eigenvalue weighted by Gasteiger charge is -2.42. The molecule has 3 rings (SSSR count). The number of hydrogen-bond donors (Lipinski definition) is 1. The van der Waals surface area contributed by atoms with E-state index in [-0.39, 0.29) is 17.5 Å². The van der Waals surface area contributed by atoms with Crippen molar-refractivity contribution in [2.24, 2.45) is 5.41 Å². The molecule has 3 heterocycles. The van der Waals surface area contributed by atoms with Crippen LogP contribution in [0.25, 0.3) is 0 Å². The van der Waals surface area contributed by atoms with Gasteiger partial charge in [-0.3, -0.25) is 9.69 Å². The van der Waals surface area contributed by atoms with Crippen LogP contribution in [0.15, 0.2) is 0 Å². The van der Waals surface area contributed by atoms with E-state index in [0.717, 1.165) is 39.0 Å². The highest BCUT2D eigenvalue weighted by Gasteiger charge is 2.45. The Kier molecular flexibility index (Phi) is 3.83. The zero-order valence-corrected chi connectivity index (χ0v) is 14.0. The number of amides is 3. The topological polar surface area (TPSA) is 55.9 Å². The van der Waals surface area contributed by atoms with Crippen molar-refractivity contribution in [2.45, 2.75) is 38.6 Å². The number of likely N-dealkylation sites (tertiary alicyclic amines) is 2. The van der Waals surface area contributed by atoms with Gasteiger partial charge in [0.05, 0.1) is 12.1 Å². The fourth-order valence-corrected chi connectivity index (χ4v) is 4.03. The van der Waals surface area contributed by atoms with E-state index >= 15 is 0 Å². The summed E-state index contributed by atoms with van der Waals surface area (Å²) in [5, 5.41) is 2.92. The third-order valence-electron chi connectivity index (χ3n) is 5.75. The summed E-state index contributed by atoms with van der Waals surface area (Å²) < 4.78 is 0. The van der Waals surface area contributed by atoms with E-state index in [9.17, 15) is 9.59 Å². The maximum absolute atomic E-state index is 12.5. The average molecular weight is 308 g/mol. The summed E-state index contributed by atoms with van der Waals surface area (Å²) in [6, 6.07) is 0.0130. The summed E-state index contributed by atoms with van der Waals surface area (Å²) in [7, 11) is 1.87. The Morgan fingerprint density at radius 1 is 1.18 bits per heavy atom. The molecule has 3 amide bonds. The normalized spacial score (nSPS) is 27.5. The molecule has 0 aliphatic carbocycles. The van der Waals surface area contributed by atoms with Gasteiger partial charge in [0.2, 0.25) is 5.91 Å². The molecule has 0 radical (unpaired) electrons. The zero-order valence-electron chi connectivity index (χ0n) is 14.0. The van der Waals surface area contributed by atoms with Gasteiger partial charge >= 0.3 is 6.03 Å². The van der Waals surface area contributed by atoms with Crippen molar-refractivity contribution in [3.8, 4) is 0 Å². The third kappa shape index (κ3) is 2.81. The molecule has 0 aromatic heterocycles. The highest BCUT2D eigenvalue weighted by molar-refractivity contribution is 5.79. The first-order chi connectivity index (χ1) is 10.3. The minimum atomic E-state index is -0.0799. The first kappa shape index (κ1) is 15.6. The number of rotatable bonds is 2. The third-order valence-corrected chi connectivity index (χ3v) is 5.75. The summed E-state index contributed by atoms with van der Waals surface area (Å²) in [6.45, 7) is 9.35. The van der Waals surface area contributed by atoms with Crippen LogP contribution in [0, 0.1) is 5.41 Å². The average Bonchev–Trinajstić information content (AvgIpc) is 2.95. The van der Waals surface area contributed by atoms with Crippen molar-refractivity contribution < 1.29 is 9.59 Å². The van der Waals surface area contributed by atoms with Crippen molar-refractivity contribution in [1.82, 2.24) is 20.0 Å². The number of carbonyl (C=O) groups excluding carboxylic acids is 2. The fraction of sp³-hybridized carbons (Fsp3) is 0.875. The first-order valence-corrected chi connectivity index (χ1v) is 8.33. The van der Waals surface area contributed by atoms with E-state index in [0.29, 0.717) is 18.5 Å². The summed E-state index contributed by atoms with van der Waals surface area (Å²) in [4.78, 5) is 30.3. The predicted octanol–water partition coefficient (Wildman–Crippen LogP) is 0.734. The van der Waals surface area contributed by atoms with Gasteiger partial charge in [-0.2, -0.15) is 0 Å². The zero-order chi connectivity index (χ0) is 16.0. The van der Waals surface area contributed by atoms with Gasteiger partial charge in [0.1, 0.15) is 0 Å². The van der Waals surface area contributed by atoms with E-state index in [2.05, 4.69) is 24.1 Å². The Morgan fingerprint density at radius 3 is 2.36 bits per heavy atom. The van der Waals surface area contributed by atoms with Gasteiger partial charge in [-0.05, 0) is 31.2 Å². The molecule has 0 aromatic rings. The van der Waals surface area contributed by atoms with Gasteiger partial charge in [0.15, 0.2) is 0 Å². The van der Waals surface area contributed by atoms with Gasteiger partial charge in [-0.15, -0.1) is 0 Å². The molecule has 6 heteroatoms. The number of hydrogen-bond acceptors (Lipinski definition) is 3. The number of likely N-dealkylation sites (N-methyl/N-ethyl adjacent to an activating group) is 1. The van der Waals surface area contributed by atoms with Crippen molar-refractivity contribution in [3.63, 3.8) is 0 Å². The van der Waals surface area contributed by atoms with Crippen LogP contribution < -0.4 is 5.32 Å². The van der Waals surface area contributed by atoms with Gasteiger partial charge in [-0.25, -0.2) is 4.79 Å². The van der Waals surface area contributed by atoms with Crippen LogP contribution in [0.2, 0.25) is 0 Å². The van der Waals surface area contributed by atoms with Gasteiger partial charge in [0, 0.05) is 33.2 Å². The van der Waals surface area contributed by atoms with Crippen LogP contribution >= 0.6 is 0 Å². The van der Waals surface area contributed by atoms with E-state index in [1.165, 1.54) is 6.42 Å². The molecule has 0 bridgehead atoms. The van der Waals surface area contributed by atoms with Crippen LogP contribution in [0.4, 0.5) is 4.79 Å². The van der Waals surface area contributed by atoms with Crippen LogP contribution in [0.3, 0.4) is 0 Å². The standard InChI is InChI=1S/C16H28N4O2/c1-15(2)4-7-19(12-15)10-13(21)20-8-5-16(6-9-20)11-17-14(22)18(16)3/h4-12H2,1-3H3,(H,17,22). The second-order valence-electron chi connectivity index (χ2n) is 7.95. The highest BCUT2D eigenvalue weighted by Crippen LogP contribution is 2.32. The minimum absolute atomic E-state index is 0.0130. The molecular formula is C16H28N4O2. The first-order valence-electron chi connectivity index (χ1n) is 8.33. The molecule has 3 aliphatic heterocycles. The van der Waals surface area contributed by atoms with Crippen molar-refractivity contribution >= 4 is 11.9 Å². The molecule has 1 N–H and O–H groups in total. The SMILES string of the molecule is CN1C(=O)NCC12CCN(C(=O)CN1CCC(C)(C)C1)CC2. The van der Waals surface area contributed by atoms with Gasteiger partial charge in [-0.1, -0.05) is 13.8 Å². The lowest BCUT2D eigenvalue weighted by Crippen LogP contribution is -2.55. The smallest absolute Gasteiger partial charge is 0.317 e. The number of urea groups is 1. The number of nitrogens with zero attached hydrogens (tertiary/aromatic N) is 3. The Morgan fingerprint density at radius 2 is 1.86 bits per heavy atom. The van der Waals surface area contributed by atoms with E-state index < -0.39 is 0 Å². The molecule has 0 saturated carbocycles.